The third-order valence-electron chi connectivity index (χ3n) is 5.78. The predicted molar refractivity (Wildman–Crippen MR) is 133 cm³/mol. The molecular weight excluding hydrogens is 486 g/mol. The van der Waals surface area contributed by atoms with Crippen molar-refractivity contribution in [2.75, 3.05) is 11.5 Å². The van der Waals surface area contributed by atoms with Crippen LogP contribution in [0.3, 0.4) is 0 Å². The van der Waals surface area contributed by atoms with E-state index in [-0.39, 0.29) is 16.3 Å². The summed E-state index contributed by atoms with van der Waals surface area (Å²) in [5.41, 5.74) is 1.04. The fourth-order valence-electron chi connectivity index (χ4n) is 4.06. The molecular formula is C27H20F2N2O4S. The van der Waals surface area contributed by atoms with Crippen molar-refractivity contribution in [3.63, 3.8) is 0 Å². The zero-order valence-electron chi connectivity index (χ0n) is 19.1. The first-order chi connectivity index (χ1) is 17.4. The second kappa shape index (κ2) is 9.50. The highest BCUT2D eigenvalue weighted by atomic mass is 32.1. The van der Waals surface area contributed by atoms with E-state index in [1.165, 1.54) is 35.2 Å². The van der Waals surface area contributed by atoms with Gasteiger partial charge in [0.15, 0.2) is 5.13 Å². The molecule has 36 heavy (non-hydrogen) atoms. The molecule has 1 aliphatic rings. The molecule has 0 radical (unpaired) electrons. The van der Waals surface area contributed by atoms with E-state index in [0.717, 1.165) is 29.9 Å². The Labute approximate surface area is 209 Å². The van der Waals surface area contributed by atoms with E-state index >= 15 is 0 Å². The van der Waals surface area contributed by atoms with Gasteiger partial charge in [0.2, 0.25) is 0 Å². The number of thiazole rings is 1. The van der Waals surface area contributed by atoms with Crippen molar-refractivity contribution in [1.29, 1.82) is 0 Å². The Morgan fingerprint density at radius 3 is 2.42 bits per heavy atom. The van der Waals surface area contributed by atoms with Gasteiger partial charge in [-0.2, -0.15) is 0 Å². The van der Waals surface area contributed by atoms with Crippen molar-refractivity contribution >= 4 is 44.1 Å². The summed E-state index contributed by atoms with van der Waals surface area (Å²) in [7, 11) is 0. The molecule has 1 aliphatic heterocycles. The van der Waals surface area contributed by atoms with Crippen LogP contribution < -0.4 is 9.64 Å². The van der Waals surface area contributed by atoms with Gasteiger partial charge in [0.1, 0.15) is 23.1 Å². The quantitative estimate of drug-likeness (QED) is 0.197. The first-order valence-electron chi connectivity index (χ1n) is 11.2. The number of ether oxygens (including phenoxy) is 1. The zero-order valence-corrected chi connectivity index (χ0v) is 19.9. The van der Waals surface area contributed by atoms with Crippen LogP contribution in [0.4, 0.5) is 13.9 Å². The Kier molecular flexibility index (Phi) is 6.24. The number of aromatic nitrogens is 1. The number of amides is 1. The van der Waals surface area contributed by atoms with Crippen molar-refractivity contribution in [1.82, 2.24) is 4.98 Å². The van der Waals surface area contributed by atoms with Crippen molar-refractivity contribution in [2.45, 2.75) is 19.4 Å². The fraction of sp³-hybridized carbons (Fsp3) is 0.148. The lowest BCUT2D eigenvalue weighted by Gasteiger charge is -2.23. The summed E-state index contributed by atoms with van der Waals surface area (Å²) < 4.78 is 33.4. The number of ketones is 1. The smallest absolute Gasteiger partial charge is 0.301 e. The molecule has 0 aliphatic carbocycles. The number of rotatable bonds is 6. The lowest BCUT2D eigenvalue weighted by atomic mass is 9.95. The maximum absolute atomic E-state index is 13.8. The molecule has 1 N–H and O–H groups in total. The van der Waals surface area contributed by atoms with Crippen LogP contribution in [0.15, 0.2) is 72.3 Å². The highest BCUT2D eigenvalue weighted by Crippen LogP contribution is 2.44. The van der Waals surface area contributed by atoms with Crippen LogP contribution in [0, 0.1) is 11.6 Å². The van der Waals surface area contributed by atoms with E-state index in [1.807, 2.05) is 6.92 Å². The lowest BCUT2D eigenvalue weighted by Crippen LogP contribution is -2.29. The summed E-state index contributed by atoms with van der Waals surface area (Å²) in [6.07, 6.45) is 0.831. The van der Waals surface area contributed by atoms with Gasteiger partial charge in [0, 0.05) is 5.56 Å². The third kappa shape index (κ3) is 4.22. The van der Waals surface area contributed by atoms with E-state index in [0.29, 0.717) is 28.1 Å². The first kappa shape index (κ1) is 23.6. The molecule has 0 spiro atoms. The molecule has 0 saturated carbocycles. The van der Waals surface area contributed by atoms with Crippen LogP contribution in [0.2, 0.25) is 0 Å². The first-order valence-corrected chi connectivity index (χ1v) is 12.0. The number of hydrogen-bond acceptors (Lipinski definition) is 6. The lowest BCUT2D eigenvalue weighted by molar-refractivity contribution is -0.132. The van der Waals surface area contributed by atoms with Crippen LogP contribution >= 0.6 is 11.3 Å². The number of benzene rings is 3. The molecule has 6 nitrogen and oxygen atoms in total. The summed E-state index contributed by atoms with van der Waals surface area (Å²) in [6, 6.07) is 14.9. The molecule has 1 amide bonds. The summed E-state index contributed by atoms with van der Waals surface area (Å²) >= 11 is 1.06. The molecule has 4 aromatic rings. The number of fused-ring (bicyclic) bond motifs is 1. The molecule has 5 rings (SSSR count). The van der Waals surface area contributed by atoms with Gasteiger partial charge in [-0.3, -0.25) is 14.5 Å². The number of aliphatic hydroxyl groups excluding tert-OH is 1. The second-order valence-corrected chi connectivity index (χ2v) is 9.21. The minimum atomic E-state index is -1.01. The summed E-state index contributed by atoms with van der Waals surface area (Å²) in [6.45, 7) is 2.52. The molecule has 1 fully saturated rings. The van der Waals surface area contributed by atoms with Crippen LogP contribution in [-0.2, 0) is 9.59 Å². The second-order valence-electron chi connectivity index (χ2n) is 8.20. The SMILES string of the molecule is CCCOc1ccc(C2C(=C(O)c3ccc(F)cc3)C(=O)C(=O)N2c2nc3ccc(F)cc3s2)cc1. The van der Waals surface area contributed by atoms with E-state index in [4.69, 9.17) is 4.74 Å². The van der Waals surface area contributed by atoms with Gasteiger partial charge in [-0.25, -0.2) is 13.8 Å². The molecule has 1 aromatic heterocycles. The Hall–Kier alpha value is -4.11. The number of carbonyl (C=O) groups is 2. The van der Waals surface area contributed by atoms with Gasteiger partial charge in [-0.1, -0.05) is 30.4 Å². The zero-order chi connectivity index (χ0) is 25.4. The van der Waals surface area contributed by atoms with E-state index in [1.54, 1.807) is 24.3 Å². The molecule has 1 saturated heterocycles. The Balaban J connectivity index is 1.67. The van der Waals surface area contributed by atoms with Gasteiger partial charge < -0.3 is 9.84 Å². The fourth-order valence-corrected chi connectivity index (χ4v) is 5.08. The number of aliphatic hydroxyl groups is 1. The average Bonchev–Trinajstić information content (AvgIpc) is 3.40. The van der Waals surface area contributed by atoms with Crippen molar-refractivity contribution in [2.24, 2.45) is 0 Å². The number of nitrogens with zero attached hydrogens (tertiary/aromatic N) is 2. The van der Waals surface area contributed by atoms with Crippen LogP contribution in [-0.4, -0.2) is 28.4 Å². The van der Waals surface area contributed by atoms with E-state index < -0.39 is 35.1 Å². The highest BCUT2D eigenvalue weighted by Gasteiger charge is 2.48. The molecule has 182 valence electrons. The third-order valence-corrected chi connectivity index (χ3v) is 6.79. The van der Waals surface area contributed by atoms with E-state index in [9.17, 15) is 23.5 Å². The maximum atomic E-state index is 13.8. The topological polar surface area (TPSA) is 79.7 Å². The molecule has 9 heteroatoms. The normalized spacial score (nSPS) is 17.2. The maximum Gasteiger partial charge on any atom is 0.301 e. The average molecular weight is 507 g/mol. The number of hydrogen-bond donors (Lipinski definition) is 1. The number of carbonyl (C=O) groups excluding carboxylic acids is 2. The molecule has 2 heterocycles. The molecule has 1 atom stereocenters. The summed E-state index contributed by atoms with van der Waals surface area (Å²) in [5, 5.41) is 11.3. The summed E-state index contributed by atoms with van der Waals surface area (Å²) in [4.78, 5) is 32.2. The molecule has 1 unspecified atom stereocenters. The van der Waals surface area contributed by atoms with Crippen molar-refractivity contribution in [3.05, 3.63) is 95.1 Å². The molecule has 0 bridgehead atoms. The predicted octanol–water partition coefficient (Wildman–Crippen LogP) is 5.99. The summed E-state index contributed by atoms with van der Waals surface area (Å²) in [5.74, 6) is -2.55. The minimum absolute atomic E-state index is 0.153. The van der Waals surface area contributed by atoms with Crippen molar-refractivity contribution < 1.29 is 28.2 Å². The Bertz CT molecular complexity index is 1500. The van der Waals surface area contributed by atoms with Gasteiger partial charge in [0.05, 0.1) is 28.4 Å². The van der Waals surface area contributed by atoms with Gasteiger partial charge in [0.25, 0.3) is 5.78 Å². The monoisotopic (exact) mass is 506 g/mol. The minimum Gasteiger partial charge on any atom is -0.507 e. The largest absolute Gasteiger partial charge is 0.507 e. The van der Waals surface area contributed by atoms with Crippen LogP contribution in [0.5, 0.6) is 5.75 Å². The van der Waals surface area contributed by atoms with Crippen LogP contribution in [0.1, 0.15) is 30.5 Å². The standard InChI is InChI=1S/C27H20F2N2O4S/c1-2-13-35-19-10-5-15(6-11-19)23-22(24(32)16-3-7-17(28)8-4-16)25(33)26(34)31(23)27-30-20-12-9-18(29)14-21(20)36-27/h3-12,14,23,32H,2,13H2,1H3. The van der Waals surface area contributed by atoms with Crippen molar-refractivity contribution in [3.8, 4) is 5.75 Å². The number of Topliss-reactive ketones (excluding diaryl/α,β-unsaturated/α-hetero) is 1. The highest BCUT2D eigenvalue weighted by molar-refractivity contribution is 7.22. The Morgan fingerprint density at radius 2 is 1.72 bits per heavy atom. The Morgan fingerprint density at radius 1 is 1.03 bits per heavy atom. The van der Waals surface area contributed by atoms with Gasteiger partial charge in [-0.05, 0) is 66.6 Å². The number of anilines is 1. The van der Waals surface area contributed by atoms with E-state index in [2.05, 4.69) is 4.98 Å². The van der Waals surface area contributed by atoms with Gasteiger partial charge in [-0.15, -0.1) is 0 Å². The number of halogens is 2. The van der Waals surface area contributed by atoms with Crippen LogP contribution in [0.25, 0.3) is 16.0 Å². The molecule has 3 aromatic carbocycles. The van der Waals surface area contributed by atoms with Gasteiger partial charge >= 0.3 is 5.91 Å².